The van der Waals surface area contributed by atoms with Crippen LogP contribution in [0.15, 0.2) is 24.3 Å². The fourth-order valence-electron chi connectivity index (χ4n) is 4.65. The molecule has 37 heavy (non-hydrogen) atoms. The zero-order chi connectivity index (χ0) is 27.2. The van der Waals surface area contributed by atoms with Crippen LogP contribution in [-0.2, 0) is 9.47 Å². The Balaban J connectivity index is 1.69. The second kappa shape index (κ2) is 11.9. The van der Waals surface area contributed by atoms with Crippen LogP contribution in [0, 0.1) is 0 Å². The van der Waals surface area contributed by atoms with Gasteiger partial charge in [0.2, 0.25) is 0 Å². The van der Waals surface area contributed by atoms with Crippen LogP contribution >= 0.6 is 0 Å². The Morgan fingerprint density at radius 3 is 2.22 bits per heavy atom. The van der Waals surface area contributed by atoms with Crippen molar-refractivity contribution >= 4 is 29.0 Å². The van der Waals surface area contributed by atoms with Gasteiger partial charge in [-0.3, -0.25) is 4.79 Å². The van der Waals surface area contributed by atoms with Crippen molar-refractivity contribution in [2.75, 3.05) is 13.1 Å². The van der Waals surface area contributed by atoms with Crippen LogP contribution < -0.4 is 16.0 Å². The van der Waals surface area contributed by atoms with Crippen molar-refractivity contribution < 1.29 is 23.9 Å². The number of para-hydroxylation sites is 1. The maximum atomic E-state index is 13.4. The van der Waals surface area contributed by atoms with Gasteiger partial charge < -0.3 is 30.4 Å². The zero-order valence-corrected chi connectivity index (χ0v) is 23.0. The summed E-state index contributed by atoms with van der Waals surface area (Å²) in [6.07, 6.45) is 3.73. The summed E-state index contributed by atoms with van der Waals surface area (Å²) >= 11 is 0. The molecule has 3 rings (SSSR count). The molecule has 1 aromatic carbocycles. The van der Waals surface area contributed by atoms with Gasteiger partial charge in [-0.1, -0.05) is 31.0 Å². The van der Waals surface area contributed by atoms with E-state index in [1.54, 1.807) is 41.5 Å². The Bertz CT molecular complexity index is 1090. The van der Waals surface area contributed by atoms with Crippen molar-refractivity contribution in [2.45, 2.75) is 96.8 Å². The molecule has 4 N–H and O–H groups in total. The quantitative estimate of drug-likeness (QED) is 0.378. The molecule has 9 heteroatoms. The molecular formula is C28H42N4O5. The van der Waals surface area contributed by atoms with Gasteiger partial charge in [0.05, 0.1) is 6.04 Å². The number of hydrogen-bond acceptors (Lipinski definition) is 5. The number of benzene rings is 1. The normalized spacial score (nSPS) is 15.3. The summed E-state index contributed by atoms with van der Waals surface area (Å²) in [4.78, 5) is 41.2. The van der Waals surface area contributed by atoms with E-state index in [0.29, 0.717) is 18.0 Å². The second-order valence-electron chi connectivity index (χ2n) is 11.7. The fraction of sp³-hybridized carbons (Fsp3) is 0.607. The molecule has 1 fully saturated rings. The van der Waals surface area contributed by atoms with E-state index < -0.39 is 29.4 Å². The van der Waals surface area contributed by atoms with Gasteiger partial charge in [-0.25, -0.2) is 9.59 Å². The number of aromatic amines is 1. The highest BCUT2D eigenvalue weighted by Gasteiger charge is 2.28. The first kappa shape index (κ1) is 28.3. The molecular weight excluding hydrogens is 472 g/mol. The van der Waals surface area contributed by atoms with Gasteiger partial charge in [0.25, 0.3) is 5.91 Å². The summed E-state index contributed by atoms with van der Waals surface area (Å²) in [5.41, 5.74) is 1.33. The van der Waals surface area contributed by atoms with Crippen LogP contribution in [0.2, 0.25) is 0 Å². The lowest BCUT2D eigenvalue weighted by atomic mass is 9.94. The van der Waals surface area contributed by atoms with Crippen LogP contribution in [0.25, 0.3) is 10.9 Å². The Morgan fingerprint density at radius 1 is 0.946 bits per heavy atom. The van der Waals surface area contributed by atoms with Gasteiger partial charge in [-0.2, -0.15) is 0 Å². The lowest BCUT2D eigenvalue weighted by Crippen LogP contribution is -2.47. The molecule has 9 nitrogen and oxygen atoms in total. The first-order valence-electron chi connectivity index (χ1n) is 13.2. The Labute approximate surface area is 219 Å². The molecule has 0 aliphatic heterocycles. The lowest BCUT2D eigenvalue weighted by Gasteiger charge is -2.24. The standard InChI is InChI=1S/C28H42N4O5/c1-27(2,3)36-25(34)29-16-15-19(31-26(35)37-28(4,5)6)17-30-24(33)23-22(18-11-7-8-12-18)20-13-9-10-14-21(20)32-23/h9-10,13-14,18-19,32H,7-8,11-12,15-17H2,1-6H3,(H,29,34)(H,30,33)(H,31,35)/t19-/m0/s1. The van der Waals surface area contributed by atoms with E-state index in [2.05, 4.69) is 27.0 Å². The second-order valence-corrected chi connectivity index (χ2v) is 11.7. The highest BCUT2D eigenvalue weighted by Crippen LogP contribution is 2.39. The van der Waals surface area contributed by atoms with Crippen LogP contribution in [0.1, 0.15) is 95.6 Å². The van der Waals surface area contributed by atoms with Gasteiger partial charge in [0.15, 0.2) is 0 Å². The Hall–Kier alpha value is -3.23. The number of rotatable bonds is 8. The average Bonchev–Trinajstić information content (AvgIpc) is 3.42. The molecule has 2 aromatic rings. The van der Waals surface area contributed by atoms with E-state index in [-0.39, 0.29) is 19.0 Å². The van der Waals surface area contributed by atoms with Crippen molar-refractivity contribution in [1.82, 2.24) is 20.9 Å². The smallest absolute Gasteiger partial charge is 0.407 e. The van der Waals surface area contributed by atoms with Crippen molar-refractivity contribution in [2.24, 2.45) is 0 Å². The molecule has 0 radical (unpaired) electrons. The highest BCUT2D eigenvalue weighted by atomic mass is 16.6. The summed E-state index contributed by atoms with van der Waals surface area (Å²) in [7, 11) is 0. The lowest BCUT2D eigenvalue weighted by molar-refractivity contribution is 0.0496. The van der Waals surface area contributed by atoms with E-state index in [9.17, 15) is 14.4 Å². The number of alkyl carbamates (subject to hydrolysis) is 2. The monoisotopic (exact) mass is 514 g/mol. The van der Waals surface area contributed by atoms with E-state index in [4.69, 9.17) is 9.47 Å². The summed E-state index contributed by atoms with van der Waals surface area (Å²) < 4.78 is 10.7. The molecule has 0 saturated heterocycles. The third-order valence-corrected chi connectivity index (χ3v) is 6.13. The topological polar surface area (TPSA) is 122 Å². The van der Waals surface area contributed by atoms with E-state index in [1.807, 2.05) is 18.2 Å². The van der Waals surface area contributed by atoms with Crippen molar-refractivity contribution in [3.63, 3.8) is 0 Å². The summed E-state index contributed by atoms with van der Waals surface area (Å²) in [6.45, 7) is 11.2. The van der Waals surface area contributed by atoms with Crippen LogP contribution in [-0.4, -0.2) is 53.4 Å². The first-order valence-corrected chi connectivity index (χ1v) is 13.2. The van der Waals surface area contributed by atoms with Crippen LogP contribution in [0.3, 0.4) is 0 Å². The number of carbonyl (C=O) groups excluding carboxylic acids is 3. The molecule has 1 atom stereocenters. The minimum Gasteiger partial charge on any atom is -0.444 e. The Kier molecular flexibility index (Phi) is 9.10. The molecule has 3 amide bonds. The number of carbonyl (C=O) groups is 3. The molecule has 0 bridgehead atoms. The van der Waals surface area contributed by atoms with Crippen molar-refractivity contribution in [3.05, 3.63) is 35.5 Å². The van der Waals surface area contributed by atoms with E-state index in [0.717, 1.165) is 42.1 Å². The van der Waals surface area contributed by atoms with Crippen molar-refractivity contribution in [3.8, 4) is 0 Å². The number of H-pyrrole nitrogens is 1. The van der Waals surface area contributed by atoms with Gasteiger partial charge in [0.1, 0.15) is 16.9 Å². The number of ether oxygens (including phenoxy) is 2. The molecule has 1 saturated carbocycles. The van der Waals surface area contributed by atoms with Gasteiger partial charge in [0, 0.05) is 24.0 Å². The van der Waals surface area contributed by atoms with Gasteiger partial charge in [-0.15, -0.1) is 0 Å². The largest absolute Gasteiger partial charge is 0.444 e. The van der Waals surface area contributed by atoms with Crippen LogP contribution in [0.5, 0.6) is 0 Å². The zero-order valence-electron chi connectivity index (χ0n) is 23.0. The highest BCUT2D eigenvalue weighted by molar-refractivity contribution is 6.01. The maximum Gasteiger partial charge on any atom is 0.407 e. The number of nitrogens with one attached hydrogen (secondary N) is 4. The van der Waals surface area contributed by atoms with Gasteiger partial charge in [-0.05, 0) is 78.4 Å². The minimum atomic E-state index is -0.660. The average molecular weight is 515 g/mol. The number of aromatic nitrogens is 1. The maximum absolute atomic E-state index is 13.4. The van der Waals surface area contributed by atoms with Gasteiger partial charge >= 0.3 is 12.2 Å². The molecule has 1 heterocycles. The molecule has 0 spiro atoms. The number of hydrogen-bond donors (Lipinski definition) is 4. The molecule has 1 aromatic heterocycles. The number of amides is 3. The summed E-state index contributed by atoms with van der Waals surface area (Å²) in [6, 6.07) is 7.53. The third-order valence-electron chi connectivity index (χ3n) is 6.13. The first-order chi connectivity index (χ1) is 17.3. The molecule has 0 unspecified atom stereocenters. The van der Waals surface area contributed by atoms with Crippen LogP contribution in [0.4, 0.5) is 9.59 Å². The van der Waals surface area contributed by atoms with E-state index >= 15 is 0 Å². The predicted molar refractivity (Wildman–Crippen MR) is 144 cm³/mol. The molecule has 1 aliphatic rings. The fourth-order valence-corrected chi connectivity index (χ4v) is 4.65. The minimum absolute atomic E-state index is 0.174. The molecule has 1 aliphatic carbocycles. The summed E-state index contributed by atoms with van der Waals surface area (Å²) in [5, 5.41) is 9.59. The number of fused-ring (bicyclic) bond motifs is 1. The SMILES string of the molecule is CC(C)(C)OC(=O)NCC[C@@H](CNC(=O)c1[nH]c2ccccc2c1C1CCCC1)NC(=O)OC(C)(C)C. The Morgan fingerprint density at radius 2 is 1.57 bits per heavy atom. The predicted octanol–water partition coefficient (Wildman–Crippen LogP) is 5.36. The van der Waals surface area contributed by atoms with Crippen molar-refractivity contribution in [1.29, 1.82) is 0 Å². The summed E-state index contributed by atoms with van der Waals surface area (Å²) in [5.74, 6) is 0.139. The third kappa shape index (κ3) is 8.68. The van der Waals surface area contributed by atoms with E-state index in [1.165, 1.54) is 0 Å². The molecule has 204 valence electrons.